The Hall–Kier alpha value is -1.11. The van der Waals surface area contributed by atoms with Crippen molar-refractivity contribution in [3.8, 4) is 0 Å². The van der Waals surface area contributed by atoms with Crippen molar-refractivity contribution >= 4 is 21.9 Å². The fourth-order valence-corrected chi connectivity index (χ4v) is 5.30. The summed E-state index contributed by atoms with van der Waals surface area (Å²) in [7, 11) is -3.71. The summed E-state index contributed by atoms with van der Waals surface area (Å²) in [4.78, 5) is 24.7. The van der Waals surface area contributed by atoms with E-state index in [1.54, 1.807) is 20.8 Å². The number of carbonyl (C=O) groups is 2. The van der Waals surface area contributed by atoms with Gasteiger partial charge in [-0.05, 0) is 52.4 Å². The lowest BCUT2D eigenvalue weighted by atomic mass is 9.92. The lowest BCUT2D eigenvalue weighted by molar-refractivity contribution is -0.123. The molecule has 0 aliphatic heterocycles. The van der Waals surface area contributed by atoms with Gasteiger partial charge in [-0.3, -0.25) is 4.79 Å². The summed E-state index contributed by atoms with van der Waals surface area (Å²) < 4.78 is 31.9. The number of hydrogen-bond acceptors (Lipinski definition) is 5. The summed E-state index contributed by atoms with van der Waals surface area (Å²) >= 11 is 0. The molecule has 0 aromatic carbocycles. The fraction of sp³-hybridized carbons (Fsp3) is 0.882. The maximum Gasteiger partial charge on any atom is 0.424 e. The van der Waals surface area contributed by atoms with E-state index in [0.717, 1.165) is 4.31 Å². The minimum atomic E-state index is -3.71. The van der Waals surface area contributed by atoms with Gasteiger partial charge in [0.1, 0.15) is 11.4 Å². The average Bonchev–Trinajstić information content (AvgIpc) is 3.21. The molecule has 0 aromatic rings. The Bertz CT molecular complexity index is 603. The van der Waals surface area contributed by atoms with Crippen molar-refractivity contribution in [1.29, 1.82) is 0 Å². The van der Waals surface area contributed by atoms with E-state index in [2.05, 4.69) is 0 Å². The van der Waals surface area contributed by atoms with Gasteiger partial charge in [-0.1, -0.05) is 13.8 Å². The van der Waals surface area contributed by atoms with Gasteiger partial charge in [-0.25, -0.2) is 17.5 Å². The summed E-state index contributed by atoms with van der Waals surface area (Å²) in [6.45, 7) is 8.92. The SMILES string of the molecule is CCC(=O)[C@@H]1C[C@H](N(C(=O)OC(C)(C)C)S(=O)(=O)C2CC2)C[C@@H]1C. The molecule has 2 aliphatic rings. The molecule has 2 saturated carbocycles. The minimum absolute atomic E-state index is 0.0711. The highest BCUT2D eigenvalue weighted by Gasteiger charge is 2.50. The molecule has 0 unspecified atom stereocenters. The van der Waals surface area contributed by atoms with Crippen LogP contribution in [0, 0.1) is 11.8 Å². The van der Waals surface area contributed by atoms with Crippen LogP contribution in [-0.4, -0.2) is 41.5 Å². The standard InChI is InChI=1S/C17H29NO5S/c1-6-15(19)14-10-12(9-11(14)2)18(16(20)23-17(3,4)5)24(21,22)13-7-8-13/h11-14H,6-10H2,1-5H3/t11-,12+,14+/m0/s1. The predicted molar refractivity (Wildman–Crippen MR) is 91.0 cm³/mol. The fourth-order valence-electron chi connectivity index (χ4n) is 3.41. The molecular formula is C17H29NO5S. The Morgan fingerprint density at radius 3 is 2.21 bits per heavy atom. The lowest BCUT2D eigenvalue weighted by Crippen LogP contribution is -2.47. The van der Waals surface area contributed by atoms with E-state index in [-0.39, 0.29) is 17.6 Å². The second-order valence-corrected chi connectivity index (χ2v) is 10.1. The smallest absolute Gasteiger partial charge is 0.424 e. The molecule has 2 aliphatic carbocycles. The highest BCUT2D eigenvalue weighted by Crippen LogP contribution is 2.40. The summed E-state index contributed by atoms with van der Waals surface area (Å²) in [5, 5.41) is -0.485. The first kappa shape index (κ1) is 19.2. The van der Waals surface area contributed by atoms with E-state index in [9.17, 15) is 18.0 Å². The first-order valence-corrected chi connectivity index (χ1v) is 10.3. The number of ether oxygens (including phenoxy) is 1. The summed E-state index contributed by atoms with van der Waals surface area (Å²) in [5.41, 5.74) is -0.767. The zero-order chi connectivity index (χ0) is 18.3. The van der Waals surface area contributed by atoms with Crippen LogP contribution in [0.5, 0.6) is 0 Å². The third-order valence-electron chi connectivity index (χ3n) is 4.74. The topological polar surface area (TPSA) is 80.8 Å². The van der Waals surface area contributed by atoms with Crippen molar-refractivity contribution in [3.63, 3.8) is 0 Å². The van der Waals surface area contributed by atoms with Gasteiger partial charge in [0.25, 0.3) is 0 Å². The predicted octanol–water partition coefficient (Wildman–Crippen LogP) is 3.11. The molecule has 0 aromatic heterocycles. The van der Waals surface area contributed by atoms with E-state index in [4.69, 9.17) is 4.74 Å². The molecule has 2 rings (SSSR count). The van der Waals surface area contributed by atoms with Crippen LogP contribution < -0.4 is 0 Å². The number of carbonyl (C=O) groups excluding carboxylic acids is 2. The second-order valence-electron chi connectivity index (χ2n) is 8.05. The number of nitrogens with zero attached hydrogens (tertiary/aromatic N) is 1. The number of rotatable bonds is 5. The molecule has 3 atom stereocenters. The lowest BCUT2D eigenvalue weighted by Gasteiger charge is -2.31. The van der Waals surface area contributed by atoms with Gasteiger partial charge < -0.3 is 4.74 Å². The Morgan fingerprint density at radius 2 is 1.75 bits per heavy atom. The monoisotopic (exact) mass is 359 g/mol. The molecule has 7 heteroatoms. The zero-order valence-electron chi connectivity index (χ0n) is 15.2. The molecule has 6 nitrogen and oxygen atoms in total. The maximum atomic E-state index is 12.8. The van der Waals surface area contributed by atoms with Crippen molar-refractivity contribution in [2.24, 2.45) is 11.8 Å². The third-order valence-corrected chi connectivity index (χ3v) is 7.05. The minimum Gasteiger partial charge on any atom is -0.443 e. The van der Waals surface area contributed by atoms with Crippen molar-refractivity contribution < 1.29 is 22.7 Å². The van der Waals surface area contributed by atoms with Gasteiger partial charge in [-0.2, -0.15) is 0 Å². The number of hydrogen-bond donors (Lipinski definition) is 0. The summed E-state index contributed by atoms with van der Waals surface area (Å²) in [6.07, 6.45) is 1.71. The molecule has 0 heterocycles. The van der Waals surface area contributed by atoms with Crippen LogP contribution in [0.25, 0.3) is 0 Å². The number of Topliss-reactive ketones (excluding diaryl/α,β-unsaturated/α-hetero) is 1. The maximum absolute atomic E-state index is 12.8. The Balaban J connectivity index is 2.27. The largest absolute Gasteiger partial charge is 0.443 e. The second kappa shape index (κ2) is 6.65. The van der Waals surface area contributed by atoms with Crippen molar-refractivity contribution in [2.75, 3.05) is 0 Å². The van der Waals surface area contributed by atoms with Crippen molar-refractivity contribution in [2.45, 2.75) is 83.6 Å². The van der Waals surface area contributed by atoms with E-state index >= 15 is 0 Å². The number of amides is 1. The molecule has 0 saturated heterocycles. The van der Waals surface area contributed by atoms with Crippen LogP contribution in [0.15, 0.2) is 0 Å². The van der Waals surface area contributed by atoms with Gasteiger partial charge in [0.2, 0.25) is 10.0 Å². The van der Waals surface area contributed by atoms with Crippen LogP contribution in [0.3, 0.4) is 0 Å². The number of sulfonamides is 1. The van der Waals surface area contributed by atoms with Gasteiger partial charge >= 0.3 is 6.09 Å². The highest BCUT2D eigenvalue weighted by molar-refractivity contribution is 7.90. The molecular weight excluding hydrogens is 330 g/mol. The molecule has 24 heavy (non-hydrogen) atoms. The third kappa shape index (κ3) is 4.10. The quantitative estimate of drug-likeness (QED) is 0.753. The molecule has 0 bridgehead atoms. The molecule has 2 fully saturated rings. The van der Waals surface area contributed by atoms with Crippen LogP contribution in [0.1, 0.15) is 66.7 Å². The first-order chi connectivity index (χ1) is 11.0. The number of ketones is 1. The van der Waals surface area contributed by atoms with Crippen LogP contribution >= 0.6 is 0 Å². The van der Waals surface area contributed by atoms with E-state index in [1.807, 2.05) is 13.8 Å². The van der Waals surface area contributed by atoms with Crippen LogP contribution in [0.2, 0.25) is 0 Å². The Labute approximate surface area is 145 Å². The Kier molecular flexibility index (Phi) is 5.33. The van der Waals surface area contributed by atoms with Gasteiger partial charge in [0.15, 0.2) is 0 Å². The van der Waals surface area contributed by atoms with Gasteiger partial charge in [-0.15, -0.1) is 0 Å². The Morgan fingerprint density at radius 1 is 1.17 bits per heavy atom. The molecule has 0 spiro atoms. The van der Waals surface area contributed by atoms with E-state index < -0.39 is 33.0 Å². The molecule has 1 amide bonds. The normalized spacial score (nSPS) is 27.8. The van der Waals surface area contributed by atoms with Crippen LogP contribution in [-0.2, 0) is 19.6 Å². The van der Waals surface area contributed by atoms with Crippen LogP contribution in [0.4, 0.5) is 4.79 Å². The summed E-state index contributed by atoms with van der Waals surface area (Å²) in [5.74, 6) is 0.0269. The van der Waals surface area contributed by atoms with E-state index in [0.29, 0.717) is 32.1 Å². The van der Waals surface area contributed by atoms with Crippen molar-refractivity contribution in [1.82, 2.24) is 4.31 Å². The summed E-state index contributed by atoms with van der Waals surface area (Å²) in [6, 6.07) is -0.485. The van der Waals surface area contributed by atoms with Crippen molar-refractivity contribution in [3.05, 3.63) is 0 Å². The first-order valence-electron chi connectivity index (χ1n) is 8.76. The molecule has 0 radical (unpaired) electrons. The molecule has 138 valence electrons. The molecule has 0 N–H and O–H groups in total. The zero-order valence-corrected chi connectivity index (χ0v) is 16.1. The highest BCUT2D eigenvalue weighted by atomic mass is 32.2. The van der Waals surface area contributed by atoms with Gasteiger partial charge in [0, 0.05) is 12.3 Å². The van der Waals surface area contributed by atoms with Gasteiger partial charge in [0.05, 0.1) is 11.3 Å². The average molecular weight is 359 g/mol. The van der Waals surface area contributed by atoms with E-state index in [1.165, 1.54) is 0 Å².